The molecule has 1 fully saturated rings. The Morgan fingerprint density at radius 1 is 1.50 bits per heavy atom. The number of rotatable bonds is 4. The van der Waals surface area contributed by atoms with Crippen LogP contribution in [0.4, 0.5) is 5.82 Å². The minimum absolute atomic E-state index is 0.0651. The van der Waals surface area contributed by atoms with Gasteiger partial charge in [0.25, 0.3) is 0 Å². The van der Waals surface area contributed by atoms with Crippen molar-refractivity contribution in [2.75, 3.05) is 18.5 Å². The Labute approximate surface area is 108 Å². The Bertz CT molecular complexity index is 401. The molecule has 2 heterocycles. The topological polar surface area (TPSA) is 51.2 Å². The van der Waals surface area contributed by atoms with E-state index in [2.05, 4.69) is 17.2 Å². The molecule has 4 heteroatoms. The minimum atomic E-state index is 0.0651. The lowest BCUT2D eigenvalue weighted by atomic mass is 9.96. The predicted molar refractivity (Wildman–Crippen MR) is 70.4 cm³/mol. The molecular weight excluding hydrogens is 228 g/mol. The van der Waals surface area contributed by atoms with E-state index in [0.717, 1.165) is 38.0 Å². The molecule has 0 aromatic carbocycles. The SMILES string of the molecule is CCc1cccnc1NC(=O)CC1CCOCC1. The summed E-state index contributed by atoms with van der Waals surface area (Å²) in [6.07, 6.45) is 5.12. The fraction of sp³-hybridized carbons (Fsp3) is 0.571. The van der Waals surface area contributed by atoms with Crippen molar-refractivity contribution in [1.82, 2.24) is 4.98 Å². The first-order chi connectivity index (χ1) is 8.79. The standard InChI is InChI=1S/C14H20N2O2/c1-2-12-4-3-7-15-14(12)16-13(17)10-11-5-8-18-9-6-11/h3-4,7,11H,2,5-6,8-10H2,1H3,(H,15,16,17). The summed E-state index contributed by atoms with van der Waals surface area (Å²) in [5.74, 6) is 1.22. The Hall–Kier alpha value is -1.42. The Morgan fingerprint density at radius 2 is 2.28 bits per heavy atom. The maximum Gasteiger partial charge on any atom is 0.225 e. The molecule has 0 atom stereocenters. The van der Waals surface area contributed by atoms with Gasteiger partial charge in [-0.2, -0.15) is 0 Å². The van der Waals surface area contributed by atoms with E-state index in [-0.39, 0.29) is 5.91 Å². The number of amides is 1. The van der Waals surface area contributed by atoms with Crippen molar-refractivity contribution in [3.05, 3.63) is 23.9 Å². The highest BCUT2D eigenvalue weighted by atomic mass is 16.5. The molecule has 1 aliphatic heterocycles. The van der Waals surface area contributed by atoms with Gasteiger partial charge in [0, 0.05) is 25.8 Å². The number of carbonyl (C=O) groups excluding carboxylic acids is 1. The summed E-state index contributed by atoms with van der Waals surface area (Å²) in [6.45, 7) is 3.62. The smallest absolute Gasteiger partial charge is 0.225 e. The summed E-state index contributed by atoms with van der Waals surface area (Å²) in [4.78, 5) is 16.2. The largest absolute Gasteiger partial charge is 0.381 e. The van der Waals surface area contributed by atoms with Gasteiger partial charge in [0.05, 0.1) is 0 Å². The van der Waals surface area contributed by atoms with Crippen LogP contribution < -0.4 is 5.32 Å². The van der Waals surface area contributed by atoms with Gasteiger partial charge in [0.1, 0.15) is 5.82 Å². The first-order valence-corrected chi connectivity index (χ1v) is 6.61. The van der Waals surface area contributed by atoms with Gasteiger partial charge in [0.15, 0.2) is 0 Å². The van der Waals surface area contributed by atoms with E-state index in [1.807, 2.05) is 12.1 Å². The molecule has 1 aliphatic rings. The molecule has 1 aromatic rings. The molecule has 0 spiro atoms. The normalized spacial score (nSPS) is 16.5. The lowest BCUT2D eigenvalue weighted by molar-refractivity contribution is -0.117. The van der Waals surface area contributed by atoms with E-state index in [0.29, 0.717) is 18.2 Å². The summed E-state index contributed by atoms with van der Waals surface area (Å²) >= 11 is 0. The summed E-state index contributed by atoms with van der Waals surface area (Å²) in [5.41, 5.74) is 1.08. The average Bonchev–Trinajstić information content (AvgIpc) is 2.40. The lowest BCUT2D eigenvalue weighted by Crippen LogP contribution is -2.22. The van der Waals surface area contributed by atoms with Crippen molar-refractivity contribution in [2.45, 2.75) is 32.6 Å². The van der Waals surface area contributed by atoms with Crippen molar-refractivity contribution < 1.29 is 9.53 Å². The third kappa shape index (κ3) is 3.53. The maximum atomic E-state index is 12.0. The third-order valence-corrected chi connectivity index (χ3v) is 3.34. The summed E-state index contributed by atoms with van der Waals surface area (Å²) < 4.78 is 5.29. The Balaban J connectivity index is 1.90. The number of aryl methyl sites for hydroxylation is 1. The van der Waals surface area contributed by atoms with Crippen molar-refractivity contribution in [3.8, 4) is 0 Å². The zero-order valence-electron chi connectivity index (χ0n) is 10.8. The van der Waals surface area contributed by atoms with E-state index in [4.69, 9.17) is 4.74 Å². The molecule has 0 saturated carbocycles. The summed E-state index contributed by atoms with van der Waals surface area (Å²) in [7, 11) is 0. The van der Waals surface area contributed by atoms with Gasteiger partial charge in [-0.05, 0) is 36.8 Å². The Morgan fingerprint density at radius 3 is 3.00 bits per heavy atom. The second-order valence-corrected chi connectivity index (χ2v) is 4.67. The number of hydrogen-bond acceptors (Lipinski definition) is 3. The van der Waals surface area contributed by atoms with Gasteiger partial charge in [-0.15, -0.1) is 0 Å². The highest BCUT2D eigenvalue weighted by Gasteiger charge is 2.18. The summed E-state index contributed by atoms with van der Waals surface area (Å²) in [5, 5.41) is 2.92. The second kappa shape index (κ2) is 6.50. The third-order valence-electron chi connectivity index (χ3n) is 3.34. The van der Waals surface area contributed by atoms with Crippen LogP contribution >= 0.6 is 0 Å². The van der Waals surface area contributed by atoms with E-state index >= 15 is 0 Å². The van der Waals surface area contributed by atoms with E-state index in [9.17, 15) is 4.79 Å². The molecule has 18 heavy (non-hydrogen) atoms. The van der Waals surface area contributed by atoms with E-state index < -0.39 is 0 Å². The van der Waals surface area contributed by atoms with Crippen LogP contribution in [0.15, 0.2) is 18.3 Å². The average molecular weight is 248 g/mol. The van der Waals surface area contributed by atoms with Crippen molar-refractivity contribution >= 4 is 11.7 Å². The van der Waals surface area contributed by atoms with Crippen LogP contribution in [-0.4, -0.2) is 24.1 Å². The number of aromatic nitrogens is 1. The van der Waals surface area contributed by atoms with Gasteiger partial charge in [0.2, 0.25) is 5.91 Å². The van der Waals surface area contributed by atoms with Gasteiger partial charge in [-0.3, -0.25) is 4.79 Å². The van der Waals surface area contributed by atoms with Gasteiger partial charge < -0.3 is 10.1 Å². The van der Waals surface area contributed by atoms with Crippen LogP contribution in [0.3, 0.4) is 0 Å². The van der Waals surface area contributed by atoms with Crippen LogP contribution in [0.25, 0.3) is 0 Å². The molecule has 2 rings (SSSR count). The highest BCUT2D eigenvalue weighted by molar-refractivity contribution is 5.90. The number of nitrogens with zero attached hydrogens (tertiary/aromatic N) is 1. The van der Waals surface area contributed by atoms with Crippen LogP contribution in [0.1, 0.15) is 31.7 Å². The number of ether oxygens (including phenoxy) is 1. The molecule has 0 unspecified atom stereocenters. The van der Waals surface area contributed by atoms with E-state index in [1.54, 1.807) is 6.20 Å². The number of carbonyl (C=O) groups is 1. The molecule has 0 radical (unpaired) electrons. The first-order valence-electron chi connectivity index (χ1n) is 6.61. The minimum Gasteiger partial charge on any atom is -0.381 e. The molecule has 1 saturated heterocycles. The fourth-order valence-corrected chi connectivity index (χ4v) is 2.23. The maximum absolute atomic E-state index is 12.0. The first kappa shape index (κ1) is 13.0. The molecule has 98 valence electrons. The molecular formula is C14H20N2O2. The van der Waals surface area contributed by atoms with Crippen molar-refractivity contribution in [2.24, 2.45) is 5.92 Å². The van der Waals surface area contributed by atoms with Gasteiger partial charge in [-0.25, -0.2) is 4.98 Å². The van der Waals surface area contributed by atoms with Crippen LogP contribution in [0.2, 0.25) is 0 Å². The van der Waals surface area contributed by atoms with Gasteiger partial charge in [-0.1, -0.05) is 13.0 Å². The number of nitrogens with one attached hydrogen (secondary N) is 1. The fourth-order valence-electron chi connectivity index (χ4n) is 2.23. The molecule has 4 nitrogen and oxygen atoms in total. The molecule has 1 aromatic heterocycles. The predicted octanol–water partition coefficient (Wildman–Crippen LogP) is 2.40. The molecule has 1 N–H and O–H groups in total. The van der Waals surface area contributed by atoms with Crippen molar-refractivity contribution in [3.63, 3.8) is 0 Å². The quantitative estimate of drug-likeness (QED) is 0.890. The second-order valence-electron chi connectivity index (χ2n) is 4.67. The van der Waals surface area contributed by atoms with E-state index in [1.165, 1.54) is 0 Å². The number of anilines is 1. The van der Waals surface area contributed by atoms with Crippen LogP contribution in [0.5, 0.6) is 0 Å². The van der Waals surface area contributed by atoms with Gasteiger partial charge >= 0.3 is 0 Å². The van der Waals surface area contributed by atoms with Crippen LogP contribution in [-0.2, 0) is 16.0 Å². The zero-order valence-corrected chi connectivity index (χ0v) is 10.8. The highest BCUT2D eigenvalue weighted by Crippen LogP contribution is 2.19. The lowest BCUT2D eigenvalue weighted by Gasteiger charge is -2.21. The number of pyridine rings is 1. The summed E-state index contributed by atoms with van der Waals surface area (Å²) in [6, 6.07) is 3.89. The van der Waals surface area contributed by atoms with Crippen LogP contribution in [0, 0.1) is 5.92 Å². The number of hydrogen-bond donors (Lipinski definition) is 1. The Kier molecular flexibility index (Phi) is 4.70. The molecule has 0 aliphatic carbocycles. The zero-order chi connectivity index (χ0) is 12.8. The van der Waals surface area contributed by atoms with Crippen molar-refractivity contribution in [1.29, 1.82) is 0 Å². The molecule has 1 amide bonds. The monoisotopic (exact) mass is 248 g/mol. The molecule has 0 bridgehead atoms.